The second-order valence-electron chi connectivity index (χ2n) is 7.48. The minimum Gasteiger partial charge on any atom is -0.352 e. The third kappa shape index (κ3) is 7.58. The van der Waals surface area contributed by atoms with Crippen molar-refractivity contribution in [1.29, 1.82) is 0 Å². The Morgan fingerprint density at radius 1 is 1.00 bits per heavy atom. The highest BCUT2D eigenvalue weighted by atomic mass is 32.2. The van der Waals surface area contributed by atoms with Crippen LogP contribution in [-0.2, 0) is 21.9 Å². The van der Waals surface area contributed by atoms with Crippen molar-refractivity contribution in [2.24, 2.45) is 0 Å². The lowest BCUT2D eigenvalue weighted by molar-refractivity contribution is -0.138. The number of carbonyl (C=O) groups excluding carboxylic acids is 2. The van der Waals surface area contributed by atoms with Crippen LogP contribution in [0.2, 0.25) is 0 Å². The number of carbonyl (C=O) groups is 2. The number of aryl methyl sites for hydroxylation is 1. The van der Waals surface area contributed by atoms with Crippen molar-refractivity contribution in [2.75, 3.05) is 5.75 Å². The molecule has 0 saturated heterocycles. The van der Waals surface area contributed by atoms with E-state index in [1.807, 2.05) is 70.2 Å². The number of benzene rings is 2. The van der Waals surface area contributed by atoms with Crippen molar-refractivity contribution in [3.05, 3.63) is 71.3 Å². The summed E-state index contributed by atoms with van der Waals surface area (Å²) in [5.41, 5.74) is 3.39. The van der Waals surface area contributed by atoms with Gasteiger partial charge in [-0.25, -0.2) is 0 Å². The lowest BCUT2D eigenvalue weighted by Crippen LogP contribution is -2.50. The van der Waals surface area contributed by atoms with Crippen LogP contribution >= 0.6 is 11.8 Å². The molecule has 0 aliphatic rings. The third-order valence-corrected chi connectivity index (χ3v) is 5.97. The SMILES string of the molecule is CC[C@H](C)NC(=O)[C@@H](C)N(Cc1ccc(C)cc1)C(=O)CSCc1ccccc1. The second kappa shape index (κ2) is 11.7. The molecule has 2 aromatic rings. The molecule has 0 saturated carbocycles. The zero-order valence-electron chi connectivity index (χ0n) is 17.9. The van der Waals surface area contributed by atoms with Gasteiger partial charge >= 0.3 is 0 Å². The van der Waals surface area contributed by atoms with E-state index in [-0.39, 0.29) is 17.9 Å². The second-order valence-corrected chi connectivity index (χ2v) is 8.47. The van der Waals surface area contributed by atoms with Crippen molar-refractivity contribution >= 4 is 23.6 Å². The molecule has 0 radical (unpaired) electrons. The van der Waals surface area contributed by atoms with E-state index >= 15 is 0 Å². The Labute approximate surface area is 179 Å². The van der Waals surface area contributed by atoms with E-state index in [1.165, 1.54) is 11.1 Å². The number of hydrogen-bond acceptors (Lipinski definition) is 3. The Balaban J connectivity index is 2.06. The molecule has 1 N–H and O–H groups in total. The summed E-state index contributed by atoms with van der Waals surface area (Å²) < 4.78 is 0. The van der Waals surface area contributed by atoms with Gasteiger partial charge in [0.2, 0.25) is 11.8 Å². The number of nitrogens with zero attached hydrogens (tertiary/aromatic N) is 1. The van der Waals surface area contributed by atoms with Crippen LogP contribution in [0.15, 0.2) is 54.6 Å². The van der Waals surface area contributed by atoms with E-state index < -0.39 is 6.04 Å². The van der Waals surface area contributed by atoms with Crippen LogP contribution in [0.1, 0.15) is 43.9 Å². The van der Waals surface area contributed by atoms with Gasteiger partial charge in [-0.1, -0.05) is 67.1 Å². The van der Waals surface area contributed by atoms with Gasteiger partial charge in [0.15, 0.2) is 0 Å². The molecule has 5 heteroatoms. The molecule has 2 rings (SSSR count). The standard InChI is InChI=1S/C24H32N2O2S/c1-5-19(3)25-24(28)20(4)26(15-21-13-11-18(2)12-14-21)23(27)17-29-16-22-9-7-6-8-10-22/h6-14,19-20H,5,15-17H2,1-4H3,(H,25,28)/t19-,20+/m0/s1. The number of nitrogens with one attached hydrogen (secondary N) is 1. The van der Waals surface area contributed by atoms with Gasteiger partial charge in [0.1, 0.15) is 6.04 Å². The van der Waals surface area contributed by atoms with Crippen LogP contribution in [0.25, 0.3) is 0 Å². The summed E-state index contributed by atoms with van der Waals surface area (Å²) in [7, 11) is 0. The van der Waals surface area contributed by atoms with Gasteiger partial charge < -0.3 is 10.2 Å². The van der Waals surface area contributed by atoms with Crippen molar-refractivity contribution in [3.63, 3.8) is 0 Å². The minimum atomic E-state index is -0.518. The number of rotatable bonds is 10. The van der Waals surface area contributed by atoms with E-state index in [0.717, 1.165) is 17.7 Å². The summed E-state index contributed by atoms with van der Waals surface area (Å²) in [4.78, 5) is 27.4. The average Bonchev–Trinajstić information content (AvgIpc) is 2.73. The lowest BCUT2D eigenvalue weighted by Gasteiger charge is -2.29. The van der Waals surface area contributed by atoms with Crippen LogP contribution in [0, 0.1) is 6.92 Å². The molecule has 2 aromatic carbocycles. The zero-order chi connectivity index (χ0) is 21.2. The topological polar surface area (TPSA) is 49.4 Å². The molecule has 156 valence electrons. The predicted molar refractivity (Wildman–Crippen MR) is 122 cm³/mol. The van der Waals surface area contributed by atoms with Crippen molar-refractivity contribution in [3.8, 4) is 0 Å². The largest absolute Gasteiger partial charge is 0.352 e. The molecule has 0 aliphatic carbocycles. The molecule has 0 aromatic heterocycles. The molecule has 0 fully saturated rings. The molecular formula is C24H32N2O2S. The summed E-state index contributed by atoms with van der Waals surface area (Å²) in [6.07, 6.45) is 0.858. The summed E-state index contributed by atoms with van der Waals surface area (Å²) in [5, 5.41) is 3.00. The Morgan fingerprint density at radius 3 is 2.28 bits per heavy atom. The average molecular weight is 413 g/mol. The van der Waals surface area contributed by atoms with E-state index in [0.29, 0.717) is 12.3 Å². The quantitative estimate of drug-likeness (QED) is 0.622. The molecule has 4 nitrogen and oxygen atoms in total. The van der Waals surface area contributed by atoms with Crippen LogP contribution in [0.4, 0.5) is 0 Å². The predicted octanol–water partition coefficient (Wildman–Crippen LogP) is 4.56. The molecule has 0 bridgehead atoms. The number of thioether (sulfide) groups is 1. The molecule has 29 heavy (non-hydrogen) atoms. The Bertz CT molecular complexity index is 777. The van der Waals surface area contributed by atoms with Crippen LogP contribution in [0.3, 0.4) is 0 Å². The smallest absolute Gasteiger partial charge is 0.242 e. The van der Waals surface area contributed by atoms with Crippen molar-refractivity contribution < 1.29 is 9.59 Å². The van der Waals surface area contributed by atoms with Crippen LogP contribution < -0.4 is 5.32 Å². The summed E-state index contributed by atoms with van der Waals surface area (Å²) >= 11 is 1.58. The van der Waals surface area contributed by atoms with Gasteiger partial charge in [-0.15, -0.1) is 11.8 Å². The fourth-order valence-electron chi connectivity index (χ4n) is 2.85. The highest BCUT2D eigenvalue weighted by Crippen LogP contribution is 2.16. The molecule has 2 atom stereocenters. The first-order valence-corrected chi connectivity index (χ1v) is 11.3. The summed E-state index contributed by atoms with van der Waals surface area (Å²) in [5.74, 6) is 1.01. The maximum Gasteiger partial charge on any atom is 0.242 e. The number of amides is 2. The molecular weight excluding hydrogens is 380 g/mol. The normalized spacial score (nSPS) is 12.8. The first kappa shape index (κ1) is 23.0. The van der Waals surface area contributed by atoms with E-state index in [9.17, 15) is 9.59 Å². The maximum absolute atomic E-state index is 13.0. The molecule has 0 spiro atoms. The summed E-state index contributed by atoms with van der Waals surface area (Å²) in [6, 6.07) is 17.8. The fourth-order valence-corrected chi connectivity index (χ4v) is 3.72. The highest BCUT2D eigenvalue weighted by molar-refractivity contribution is 7.99. The third-order valence-electron chi connectivity index (χ3n) is 4.98. The first-order valence-electron chi connectivity index (χ1n) is 10.2. The molecule has 0 heterocycles. The molecule has 0 unspecified atom stereocenters. The van der Waals surface area contributed by atoms with E-state index in [1.54, 1.807) is 16.7 Å². The van der Waals surface area contributed by atoms with Gasteiger partial charge in [0.25, 0.3) is 0 Å². The Kier molecular flexibility index (Phi) is 9.26. The number of hydrogen-bond donors (Lipinski definition) is 1. The summed E-state index contributed by atoms with van der Waals surface area (Å²) in [6.45, 7) is 8.29. The van der Waals surface area contributed by atoms with Gasteiger partial charge in [0.05, 0.1) is 5.75 Å². The van der Waals surface area contributed by atoms with Crippen LogP contribution in [-0.4, -0.2) is 34.6 Å². The molecule has 0 aliphatic heterocycles. The van der Waals surface area contributed by atoms with Gasteiger partial charge in [0, 0.05) is 18.3 Å². The zero-order valence-corrected chi connectivity index (χ0v) is 18.7. The van der Waals surface area contributed by atoms with Crippen LogP contribution in [0.5, 0.6) is 0 Å². The van der Waals surface area contributed by atoms with E-state index in [2.05, 4.69) is 17.4 Å². The van der Waals surface area contributed by atoms with Crippen molar-refractivity contribution in [2.45, 2.75) is 58.5 Å². The lowest BCUT2D eigenvalue weighted by atomic mass is 10.1. The fraction of sp³-hybridized carbons (Fsp3) is 0.417. The van der Waals surface area contributed by atoms with Gasteiger partial charge in [-0.05, 0) is 38.3 Å². The van der Waals surface area contributed by atoms with E-state index in [4.69, 9.17) is 0 Å². The van der Waals surface area contributed by atoms with Crippen molar-refractivity contribution in [1.82, 2.24) is 10.2 Å². The Hall–Kier alpha value is -2.27. The van der Waals surface area contributed by atoms with Gasteiger partial charge in [-0.2, -0.15) is 0 Å². The molecule has 2 amide bonds. The maximum atomic E-state index is 13.0. The minimum absolute atomic E-state index is 0.0155. The first-order chi connectivity index (χ1) is 13.9. The highest BCUT2D eigenvalue weighted by Gasteiger charge is 2.26. The monoisotopic (exact) mass is 412 g/mol. The Morgan fingerprint density at radius 2 is 1.66 bits per heavy atom. The van der Waals surface area contributed by atoms with Gasteiger partial charge in [-0.3, -0.25) is 9.59 Å².